The molecule has 1 aliphatic heterocycles. The molecule has 1 fully saturated rings. The minimum absolute atomic E-state index is 0.0237. The molecule has 6 nitrogen and oxygen atoms in total. The Hall–Kier alpha value is -2.90. The number of ether oxygens (including phenoxy) is 2. The van der Waals surface area contributed by atoms with Crippen molar-refractivity contribution in [2.45, 2.75) is 6.04 Å². The summed E-state index contributed by atoms with van der Waals surface area (Å²) in [5.74, 6) is 0.257. The van der Waals surface area contributed by atoms with Crippen LogP contribution in [0.5, 0.6) is 5.75 Å². The van der Waals surface area contributed by atoms with Crippen LogP contribution in [-0.4, -0.2) is 55.7 Å². The van der Waals surface area contributed by atoms with Crippen molar-refractivity contribution in [3.05, 3.63) is 65.6 Å². The van der Waals surface area contributed by atoms with Gasteiger partial charge < -0.3 is 19.8 Å². The number of nitrogens with zero attached hydrogens (tertiary/aromatic N) is 1. The van der Waals surface area contributed by atoms with Crippen LogP contribution in [-0.2, 0) is 4.74 Å². The molecular weight excluding hydrogens is 373 g/mol. The van der Waals surface area contributed by atoms with Crippen molar-refractivity contribution in [3.8, 4) is 5.75 Å². The minimum atomic E-state index is -0.324. The lowest BCUT2D eigenvalue weighted by Gasteiger charge is -2.35. The number of nitrogens with one attached hydrogen (secondary N) is 2. The number of rotatable bonds is 6. The van der Waals surface area contributed by atoms with Crippen LogP contribution >= 0.6 is 0 Å². The topological polar surface area (TPSA) is 66.6 Å². The first-order chi connectivity index (χ1) is 14.1. The van der Waals surface area contributed by atoms with E-state index in [1.807, 2.05) is 24.3 Å². The normalized spacial score (nSPS) is 15.9. The van der Waals surface area contributed by atoms with Gasteiger partial charge >= 0.3 is 0 Å². The molecule has 0 bridgehead atoms. The van der Waals surface area contributed by atoms with Gasteiger partial charge in [0.2, 0.25) is 0 Å². The fraction of sp³-hybridized carbons (Fsp3) is 0.318. The number of hydrogen-bond donors (Lipinski definition) is 2. The van der Waals surface area contributed by atoms with E-state index >= 15 is 0 Å². The van der Waals surface area contributed by atoms with Crippen molar-refractivity contribution < 1.29 is 18.7 Å². The highest BCUT2D eigenvalue weighted by Gasteiger charge is 2.24. The molecule has 7 heteroatoms. The zero-order chi connectivity index (χ0) is 20.2. The van der Waals surface area contributed by atoms with E-state index in [2.05, 4.69) is 15.2 Å². The Morgan fingerprint density at radius 2 is 1.97 bits per heavy atom. The predicted molar refractivity (Wildman–Crippen MR) is 109 cm³/mol. The van der Waals surface area contributed by atoms with E-state index in [-0.39, 0.29) is 17.8 Å². The van der Waals surface area contributed by atoms with Crippen LogP contribution in [0.15, 0.2) is 48.5 Å². The third-order valence-electron chi connectivity index (χ3n) is 5.27. The molecule has 0 aliphatic carbocycles. The van der Waals surface area contributed by atoms with Crippen molar-refractivity contribution in [3.63, 3.8) is 0 Å². The van der Waals surface area contributed by atoms with Crippen LogP contribution in [0.3, 0.4) is 0 Å². The number of carbonyl (C=O) groups is 1. The Kier molecular flexibility index (Phi) is 5.78. The highest BCUT2D eigenvalue weighted by Crippen LogP contribution is 2.24. The predicted octanol–water partition coefficient (Wildman–Crippen LogP) is 3.12. The Labute approximate surface area is 168 Å². The molecule has 3 aromatic rings. The molecule has 0 spiro atoms. The van der Waals surface area contributed by atoms with Gasteiger partial charge in [0.15, 0.2) is 0 Å². The summed E-state index contributed by atoms with van der Waals surface area (Å²) in [5, 5.41) is 3.70. The molecule has 2 N–H and O–H groups in total. The second kappa shape index (κ2) is 8.63. The molecule has 0 unspecified atom stereocenters. The lowest BCUT2D eigenvalue weighted by atomic mass is 10.0. The van der Waals surface area contributed by atoms with E-state index in [0.717, 1.165) is 29.9 Å². The Morgan fingerprint density at radius 3 is 2.69 bits per heavy atom. The molecule has 2 aromatic carbocycles. The van der Waals surface area contributed by atoms with Gasteiger partial charge in [-0.1, -0.05) is 12.1 Å². The Balaban J connectivity index is 1.50. The third kappa shape index (κ3) is 4.41. The van der Waals surface area contributed by atoms with E-state index in [1.165, 1.54) is 12.1 Å². The minimum Gasteiger partial charge on any atom is -0.497 e. The van der Waals surface area contributed by atoms with Crippen molar-refractivity contribution in [2.75, 3.05) is 40.0 Å². The molecule has 0 saturated carbocycles. The van der Waals surface area contributed by atoms with Gasteiger partial charge in [-0.3, -0.25) is 9.69 Å². The number of amides is 1. The zero-order valence-electron chi connectivity index (χ0n) is 16.3. The number of benzene rings is 2. The molecule has 2 heterocycles. The summed E-state index contributed by atoms with van der Waals surface area (Å²) in [6, 6.07) is 14.0. The van der Waals surface area contributed by atoms with Gasteiger partial charge in [-0.15, -0.1) is 0 Å². The maximum Gasteiger partial charge on any atom is 0.267 e. The molecule has 1 atom stereocenters. The molecule has 1 aromatic heterocycles. The van der Waals surface area contributed by atoms with Crippen LogP contribution in [0.25, 0.3) is 10.9 Å². The van der Waals surface area contributed by atoms with Crippen LogP contribution in [0.4, 0.5) is 4.39 Å². The highest BCUT2D eigenvalue weighted by atomic mass is 19.1. The Bertz CT molecular complexity index is 981. The van der Waals surface area contributed by atoms with E-state index < -0.39 is 0 Å². The number of H-pyrrole nitrogens is 1. The summed E-state index contributed by atoms with van der Waals surface area (Å²) < 4.78 is 24.1. The fourth-order valence-corrected chi connectivity index (χ4v) is 3.68. The van der Waals surface area contributed by atoms with Crippen molar-refractivity contribution in [2.24, 2.45) is 0 Å². The van der Waals surface area contributed by atoms with Gasteiger partial charge in [-0.2, -0.15) is 0 Å². The monoisotopic (exact) mass is 397 g/mol. The molecule has 4 rings (SSSR count). The van der Waals surface area contributed by atoms with Crippen LogP contribution in [0.2, 0.25) is 0 Å². The van der Waals surface area contributed by atoms with Gasteiger partial charge in [0.25, 0.3) is 5.91 Å². The molecule has 1 aliphatic rings. The average molecular weight is 397 g/mol. The largest absolute Gasteiger partial charge is 0.497 e. The van der Waals surface area contributed by atoms with Gasteiger partial charge in [0.1, 0.15) is 17.3 Å². The molecule has 152 valence electrons. The molecule has 29 heavy (non-hydrogen) atoms. The van der Waals surface area contributed by atoms with E-state index in [1.54, 1.807) is 19.2 Å². The lowest BCUT2D eigenvalue weighted by molar-refractivity contribution is 0.0162. The molecule has 1 saturated heterocycles. The summed E-state index contributed by atoms with van der Waals surface area (Å²) in [4.78, 5) is 18.1. The van der Waals surface area contributed by atoms with Gasteiger partial charge in [-0.25, -0.2) is 4.39 Å². The number of aromatic nitrogens is 1. The van der Waals surface area contributed by atoms with Crippen LogP contribution < -0.4 is 10.1 Å². The summed E-state index contributed by atoms with van der Waals surface area (Å²) in [6.45, 7) is 3.41. The second-order valence-electron chi connectivity index (χ2n) is 7.06. The van der Waals surface area contributed by atoms with Crippen molar-refractivity contribution in [1.29, 1.82) is 0 Å². The Morgan fingerprint density at radius 1 is 1.21 bits per heavy atom. The zero-order valence-corrected chi connectivity index (χ0v) is 16.3. The van der Waals surface area contributed by atoms with Crippen molar-refractivity contribution in [1.82, 2.24) is 15.2 Å². The fourth-order valence-electron chi connectivity index (χ4n) is 3.68. The third-order valence-corrected chi connectivity index (χ3v) is 5.27. The van der Waals surface area contributed by atoms with Crippen LogP contribution in [0.1, 0.15) is 22.1 Å². The first-order valence-electron chi connectivity index (χ1n) is 9.66. The number of morpholine rings is 1. The van der Waals surface area contributed by atoms with Gasteiger partial charge in [-0.05, 0) is 42.0 Å². The first kappa shape index (κ1) is 19.4. The first-order valence-corrected chi connectivity index (χ1v) is 9.66. The molecule has 1 amide bonds. The lowest BCUT2D eigenvalue weighted by Crippen LogP contribution is -2.43. The summed E-state index contributed by atoms with van der Waals surface area (Å²) >= 11 is 0. The van der Waals surface area contributed by atoms with Crippen molar-refractivity contribution >= 4 is 16.8 Å². The number of methoxy groups -OCH3 is 1. The van der Waals surface area contributed by atoms with E-state index in [0.29, 0.717) is 30.8 Å². The number of hydrogen-bond acceptors (Lipinski definition) is 4. The number of halogens is 1. The number of aromatic amines is 1. The van der Waals surface area contributed by atoms with Crippen LogP contribution in [0, 0.1) is 5.82 Å². The standard InChI is InChI=1S/C22H24FN3O3/c1-28-18-5-2-15(3-6-18)21(26-8-10-29-11-9-26)14-24-22(27)20-13-16-12-17(23)4-7-19(16)25-20/h2-7,12-13,21,25H,8-11,14H2,1H3,(H,24,27)/t21-/m1/s1. The quantitative estimate of drug-likeness (QED) is 0.671. The maximum atomic E-state index is 13.4. The van der Waals surface area contributed by atoms with E-state index in [9.17, 15) is 9.18 Å². The average Bonchev–Trinajstić information content (AvgIpc) is 3.18. The number of fused-ring (bicyclic) bond motifs is 1. The van der Waals surface area contributed by atoms with Gasteiger partial charge in [0.05, 0.1) is 26.4 Å². The summed E-state index contributed by atoms with van der Waals surface area (Å²) in [7, 11) is 1.64. The molecule has 0 radical (unpaired) electrons. The van der Waals surface area contributed by atoms with Gasteiger partial charge in [0, 0.05) is 30.5 Å². The smallest absolute Gasteiger partial charge is 0.267 e. The summed E-state index contributed by atoms with van der Waals surface area (Å²) in [5.41, 5.74) is 2.25. The highest BCUT2D eigenvalue weighted by molar-refractivity contribution is 5.98. The SMILES string of the molecule is COc1ccc([C@@H](CNC(=O)c2cc3cc(F)ccc3[nH]2)N2CCOCC2)cc1. The number of carbonyl (C=O) groups excluding carboxylic acids is 1. The molecular formula is C22H24FN3O3. The maximum absolute atomic E-state index is 13.4. The second-order valence-corrected chi connectivity index (χ2v) is 7.06. The summed E-state index contributed by atoms with van der Waals surface area (Å²) in [6.07, 6.45) is 0. The van der Waals surface area contributed by atoms with E-state index in [4.69, 9.17) is 9.47 Å².